The molecular weight excluding hydrogens is 347 g/mol. The Morgan fingerprint density at radius 3 is 2.63 bits per heavy atom. The van der Waals surface area contributed by atoms with E-state index < -0.39 is 11.9 Å². The maximum atomic E-state index is 13.1. The van der Waals surface area contributed by atoms with Crippen molar-refractivity contribution in [2.75, 3.05) is 5.43 Å². The summed E-state index contributed by atoms with van der Waals surface area (Å²) >= 11 is 0. The van der Waals surface area contributed by atoms with E-state index in [0.29, 0.717) is 28.0 Å². The molecule has 0 spiro atoms. The summed E-state index contributed by atoms with van der Waals surface area (Å²) in [6.45, 7) is 0. The van der Waals surface area contributed by atoms with Crippen molar-refractivity contribution in [2.45, 2.75) is 6.10 Å². The highest BCUT2D eigenvalue weighted by molar-refractivity contribution is 5.89. The Hall–Kier alpha value is -3.83. The number of para-hydroxylation sites is 1. The number of benzene rings is 2. The van der Waals surface area contributed by atoms with Crippen molar-refractivity contribution in [3.05, 3.63) is 83.7 Å². The van der Waals surface area contributed by atoms with Gasteiger partial charge in [0.2, 0.25) is 0 Å². The number of rotatable bonds is 4. The van der Waals surface area contributed by atoms with E-state index in [1.165, 1.54) is 35.3 Å². The molecule has 4 aromatic rings. The van der Waals surface area contributed by atoms with Crippen LogP contribution >= 0.6 is 0 Å². The third-order valence-corrected chi connectivity index (χ3v) is 4.02. The average molecular weight is 360 g/mol. The summed E-state index contributed by atoms with van der Waals surface area (Å²) in [5.41, 5.74) is 4.34. The first kappa shape index (κ1) is 16.6. The molecule has 27 heavy (non-hydrogen) atoms. The highest BCUT2D eigenvalue weighted by Crippen LogP contribution is 2.26. The fourth-order valence-electron chi connectivity index (χ4n) is 2.67. The van der Waals surface area contributed by atoms with Crippen LogP contribution in [0, 0.1) is 17.1 Å². The minimum atomic E-state index is -1.14. The molecule has 8 heteroatoms. The van der Waals surface area contributed by atoms with Crippen LogP contribution in [0.25, 0.3) is 10.9 Å². The summed E-state index contributed by atoms with van der Waals surface area (Å²) < 4.78 is 13.1. The molecule has 1 unspecified atom stereocenters. The van der Waals surface area contributed by atoms with Crippen LogP contribution < -0.4 is 5.43 Å². The number of nitrogens with one attached hydrogen (secondary N) is 1. The molecule has 0 bridgehead atoms. The number of fused-ring (bicyclic) bond motifs is 1. The van der Waals surface area contributed by atoms with E-state index in [0.717, 1.165) is 0 Å². The van der Waals surface area contributed by atoms with Gasteiger partial charge in [-0.25, -0.2) is 14.4 Å². The number of halogens is 1. The molecule has 0 aliphatic carbocycles. The minimum absolute atomic E-state index is 0.147. The molecule has 2 heterocycles. The highest BCUT2D eigenvalue weighted by atomic mass is 19.1. The van der Waals surface area contributed by atoms with E-state index >= 15 is 0 Å². The molecule has 0 amide bonds. The van der Waals surface area contributed by atoms with Crippen LogP contribution in [0.3, 0.4) is 0 Å². The zero-order valence-corrected chi connectivity index (χ0v) is 13.9. The normalized spacial score (nSPS) is 11.9. The van der Waals surface area contributed by atoms with E-state index in [2.05, 4.69) is 20.5 Å². The van der Waals surface area contributed by atoms with Gasteiger partial charge in [0, 0.05) is 5.39 Å². The van der Waals surface area contributed by atoms with Gasteiger partial charge in [-0.05, 0) is 35.9 Å². The standard InChI is InChI=1S/C19H13FN6O/c20-13-7-5-12(6-8-13)17(27)19-23-16-4-2-1-3-15(16)18(24-19)25-26-14(11-21)9-10-22-26/h1-10,17,27H,(H,23,24,25). The first-order valence-corrected chi connectivity index (χ1v) is 8.07. The lowest BCUT2D eigenvalue weighted by Gasteiger charge is -2.14. The SMILES string of the molecule is N#Cc1ccnn1Nc1nc(C(O)c2ccc(F)cc2)nc2ccccc12. The van der Waals surface area contributed by atoms with Crippen molar-refractivity contribution in [3.63, 3.8) is 0 Å². The molecule has 132 valence electrons. The van der Waals surface area contributed by atoms with Gasteiger partial charge in [-0.15, -0.1) is 0 Å². The van der Waals surface area contributed by atoms with Crippen LogP contribution in [0.15, 0.2) is 60.8 Å². The Labute approximate surface area is 153 Å². The molecular formula is C19H13FN6O. The second kappa shape index (κ2) is 6.82. The number of anilines is 1. The van der Waals surface area contributed by atoms with E-state index in [-0.39, 0.29) is 5.82 Å². The molecule has 2 aromatic heterocycles. The van der Waals surface area contributed by atoms with E-state index in [9.17, 15) is 9.50 Å². The molecule has 0 aliphatic rings. The van der Waals surface area contributed by atoms with Gasteiger partial charge in [-0.1, -0.05) is 24.3 Å². The molecule has 4 rings (SSSR count). The molecule has 1 atom stereocenters. The van der Waals surface area contributed by atoms with E-state index in [4.69, 9.17) is 5.26 Å². The van der Waals surface area contributed by atoms with Gasteiger partial charge in [-0.3, -0.25) is 5.43 Å². The Morgan fingerprint density at radius 1 is 1.07 bits per heavy atom. The molecule has 0 fully saturated rings. The maximum Gasteiger partial charge on any atom is 0.164 e. The molecule has 7 nitrogen and oxygen atoms in total. The Bertz CT molecular complexity index is 1150. The Morgan fingerprint density at radius 2 is 1.85 bits per heavy atom. The Balaban J connectivity index is 1.81. The number of aliphatic hydroxyl groups excluding tert-OH is 1. The predicted molar refractivity (Wildman–Crippen MR) is 96.0 cm³/mol. The van der Waals surface area contributed by atoms with Crippen molar-refractivity contribution in [2.24, 2.45) is 0 Å². The van der Waals surface area contributed by atoms with E-state index in [1.807, 2.05) is 24.3 Å². The lowest BCUT2D eigenvalue weighted by atomic mass is 10.1. The van der Waals surface area contributed by atoms with Gasteiger partial charge in [0.1, 0.15) is 18.0 Å². The van der Waals surface area contributed by atoms with Gasteiger partial charge >= 0.3 is 0 Å². The van der Waals surface area contributed by atoms with Crippen LogP contribution in [0.1, 0.15) is 23.2 Å². The molecule has 2 N–H and O–H groups in total. The topological polar surface area (TPSA) is 99.7 Å². The lowest BCUT2D eigenvalue weighted by molar-refractivity contribution is 0.210. The third kappa shape index (κ3) is 3.19. The molecule has 0 radical (unpaired) electrons. The molecule has 0 aliphatic heterocycles. The summed E-state index contributed by atoms with van der Waals surface area (Å²) in [4.78, 5) is 10.1. The van der Waals surface area contributed by atoms with Crippen LogP contribution in [0.5, 0.6) is 0 Å². The quantitative estimate of drug-likeness (QED) is 0.580. The fraction of sp³-hybridized carbons (Fsp3) is 0.0526. The second-order valence-electron chi connectivity index (χ2n) is 5.75. The number of hydrogen-bond donors (Lipinski definition) is 2. The zero-order valence-electron chi connectivity index (χ0n) is 13.9. The van der Waals surface area contributed by atoms with Crippen molar-refractivity contribution < 1.29 is 9.50 Å². The maximum absolute atomic E-state index is 13.1. The molecule has 2 aromatic carbocycles. The summed E-state index contributed by atoms with van der Waals surface area (Å²) in [6, 6.07) is 16.3. The molecule has 0 saturated carbocycles. The highest BCUT2D eigenvalue weighted by Gasteiger charge is 2.17. The van der Waals surface area contributed by atoms with Gasteiger partial charge < -0.3 is 5.11 Å². The van der Waals surface area contributed by atoms with Gasteiger partial charge in [0.25, 0.3) is 0 Å². The number of nitrogens with zero attached hydrogens (tertiary/aromatic N) is 5. The summed E-state index contributed by atoms with van der Waals surface area (Å²) in [6.07, 6.45) is 0.354. The number of aliphatic hydroxyl groups is 1. The van der Waals surface area contributed by atoms with Crippen molar-refractivity contribution >= 4 is 16.7 Å². The average Bonchev–Trinajstić information content (AvgIpc) is 3.15. The van der Waals surface area contributed by atoms with Crippen molar-refractivity contribution in [1.29, 1.82) is 5.26 Å². The first-order valence-electron chi connectivity index (χ1n) is 8.07. The third-order valence-electron chi connectivity index (χ3n) is 4.02. The summed E-state index contributed by atoms with van der Waals surface area (Å²) in [5.74, 6) is 0.140. The van der Waals surface area contributed by atoms with E-state index in [1.54, 1.807) is 12.1 Å². The summed E-state index contributed by atoms with van der Waals surface area (Å²) in [7, 11) is 0. The minimum Gasteiger partial charge on any atom is -0.380 e. The van der Waals surface area contributed by atoms with Gasteiger partial charge in [0.05, 0.1) is 11.7 Å². The predicted octanol–water partition coefficient (Wildman–Crippen LogP) is 2.79. The largest absolute Gasteiger partial charge is 0.380 e. The fourth-order valence-corrected chi connectivity index (χ4v) is 2.67. The van der Waals surface area contributed by atoms with Crippen LogP contribution in [-0.2, 0) is 0 Å². The van der Waals surface area contributed by atoms with Crippen LogP contribution in [0.4, 0.5) is 10.2 Å². The number of nitriles is 1. The van der Waals surface area contributed by atoms with Gasteiger partial charge in [0.15, 0.2) is 17.3 Å². The Kier molecular flexibility index (Phi) is 4.20. The van der Waals surface area contributed by atoms with Crippen LogP contribution in [0.2, 0.25) is 0 Å². The first-order chi connectivity index (χ1) is 13.2. The van der Waals surface area contributed by atoms with Crippen molar-refractivity contribution in [3.8, 4) is 6.07 Å². The molecule has 0 saturated heterocycles. The van der Waals surface area contributed by atoms with Crippen molar-refractivity contribution in [1.82, 2.24) is 19.9 Å². The zero-order chi connectivity index (χ0) is 18.8. The number of aromatic nitrogens is 4. The number of hydrogen-bond acceptors (Lipinski definition) is 6. The monoisotopic (exact) mass is 360 g/mol. The second-order valence-corrected chi connectivity index (χ2v) is 5.75. The summed E-state index contributed by atoms with van der Waals surface area (Å²) in [5, 5.41) is 24.6. The van der Waals surface area contributed by atoms with Gasteiger partial charge in [-0.2, -0.15) is 15.2 Å². The lowest BCUT2D eigenvalue weighted by Crippen LogP contribution is -2.16. The smallest absolute Gasteiger partial charge is 0.164 e. The van der Waals surface area contributed by atoms with Crippen LogP contribution in [-0.4, -0.2) is 25.0 Å².